The highest BCUT2D eigenvalue weighted by Crippen LogP contribution is 2.08. The Bertz CT molecular complexity index is 343. The van der Waals surface area contributed by atoms with Crippen LogP contribution in [0.1, 0.15) is 40.0 Å². The lowest BCUT2D eigenvalue weighted by Gasteiger charge is -2.18. The molecule has 0 saturated heterocycles. The summed E-state index contributed by atoms with van der Waals surface area (Å²) in [5.74, 6) is 1.39. The predicted molar refractivity (Wildman–Crippen MR) is 106 cm³/mol. The van der Waals surface area contributed by atoms with E-state index in [1.54, 1.807) is 25.1 Å². The zero-order chi connectivity index (χ0) is 16.3. The molecule has 1 atom stereocenters. The second kappa shape index (κ2) is 13.8. The topological polar surface area (TPSA) is 56.7 Å². The summed E-state index contributed by atoms with van der Waals surface area (Å²) in [6.07, 6.45) is 5.29. The second-order valence-electron chi connectivity index (χ2n) is 5.99. The number of nitrogens with zero attached hydrogens (tertiary/aromatic N) is 2. The van der Waals surface area contributed by atoms with E-state index in [1.165, 1.54) is 12.8 Å². The monoisotopic (exact) mass is 424 g/mol. The van der Waals surface area contributed by atoms with Crippen LogP contribution in [-0.2, 0) is 4.79 Å². The number of rotatable bonds is 9. The summed E-state index contributed by atoms with van der Waals surface area (Å²) in [7, 11) is 3.47. The van der Waals surface area contributed by atoms with Crippen LogP contribution in [0.3, 0.4) is 0 Å². The van der Waals surface area contributed by atoms with Crippen molar-refractivity contribution in [1.82, 2.24) is 15.5 Å². The number of likely N-dealkylation sites (N-methyl/N-ethyl adjacent to an activating group) is 1. The van der Waals surface area contributed by atoms with Crippen LogP contribution in [-0.4, -0.2) is 50.0 Å². The van der Waals surface area contributed by atoms with E-state index in [0.29, 0.717) is 18.5 Å². The molecule has 5 nitrogen and oxygen atoms in total. The Morgan fingerprint density at radius 2 is 1.91 bits per heavy atom. The van der Waals surface area contributed by atoms with E-state index in [4.69, 9.17) is 0 Å². The maximum absolute atomic E-state index is 11.6. The second-order valence-corrected chi connectivity index (χ2v) is 5.99. The molecule has 1 amide bonds. The minimum atomic E-state index is -0.0119. The summed E-state index contributed by atoms with van der Waals surface area (Å²) < 4.78 is 0. The average molecular weight is 424 g/mol. The third-order valence-electron chi connectivity index (χ3n) is 3.09. The van der Waals surface area contributed by atoms with Crippen LogP contribution >= 0.6 is 24.0 Å². The molecule has 22 heavy (non-hydrogen) atoms. The Balaban J connectivity index is 0. The van der Waals surface area contributed by atoms with Crippen molar-refractivity contribution in [3.8, 4) is 0 Å². The van der Waals surface area contributed by atoms with Gasteiger partial charge in [-0.15, -0.1) is 30.6 Å². The molecule has 0 heterocycles. The maximum atomic E-state index is 11.6. The highest BCUT2D eigenvalue weighted by Gasteiger charge is 2.07. The highest BCUT2D eigenvalue weighted by molar-refractivity contribution is 14.0. The highest BCUT2D eigenvalue weighted by atomic mass is 127. The Morgan fingerprint density at radius 3 is 2.41 bits per heavy atom. The average Bonchev–Trinajstić information content (AvgIpc) is 2.40. The van der Waals surface area contributed by atoms with Crippen LogP contribution in [0.15, 0.2) is 17.6 Å². The SMILES string of the molecule is C=CCNC(=NCC(=O)N(C)C)NC(C)CCCC(C)C.I. The van der Waals surface area contributed by atoms with Crippen molar-refractivity contribution in [2.45, 2.75) is 46.1 Å². The molecule has 0 spiro atoms. The smallest absolute Gasteiger partial charge is 0.243 e. The number of nitrogens with one attached hydrogen (secondary N) is 2. The van der Waals surface area contributed by atoms with Gasteiger partial charge in [-0.1, -0.05) is 32.8 Å². The zero-order valence-corrected chi connectivity index (χ0v) is 17.0. The van der Waals surface area contributed by atoms with Crippen LogP contribution < -0.4 is 10.6 Å². The van der Waals surface area contributed by atoms with E-state index in [1.807, 2.05) is 0 Å². The number of guanidine groups is 1. The number of amides is 1. The van der Waals surface area contributed by atoms with Crippen LogP contribution in [0.5, 0.6) is 0 Å². The van der Waals surface area contributed by atoms with Crippen molar-refractivity contribution in [2.24, 2.45) is 10.9 Å². The number of hydrogen-bond acceptors (Lipinski definition) is 2. The molecule has 130 valence electrons. The lowest BCUT2D eigenvalue weighted by molar-refractivity contribution is -0.127. The Hall–Kier alpha value is -0.790. The van der Waals surface area contributed by atoms with Crippen molar-refractivity contribution in [3.05, 3.63) is 12.7 Å². The van der Waals surface area contributed by atoms with Gasteiger partial charge in [0, 0.05) is 26.7 Å². The quantitative estimate of drug-likeness (QED) is 0.259. The largest absolute Gasteiger partial charge is 0.354 e. The molecule has 1 unspecified atom stereocenters. The Morgan fingerprint density at radius 1 is 1.27 bits per heavy atom. The summed E-state index contributed by atoms with van der Waals surface area (Å²) in [6, 6.07) is 0.328. The summed E-state index contributed by atoms with van der Waals surface area (Å²) >= 11 is 0. The minimum Gasteiger partial charge on any atom is -0.354 e. The molecule has 2 N–H and O–H groups in total. The van der Waals surface area contributed by atoms with Gasteiger partial charge >= 0.3 is 0 Å². The molecule has 0 radical (unpaired) electrons. The fraction of sp³-hybridized carbons (Fsp3) is 0.750. The first-order chi connectivity index (χ1) is 9.86. The van der Waals surface area contributed by atoms with Gasteiger partial charge in [0.05, 0.1) is 0 Å². The van der Waals surface area contributed by atoms with Crippen molar-refractivity contribution in [3.63, 3.8) is 0 Å². The third-order valence-corrected chi connectivity index (χ3v) is 3.09. The fourth-order valence-corrected chi connectivity index (χ4v) is 1.75. The van der Waals surface area contributed by atoms with Crippen LogP contribution in [0, 0.1) is 5.92 Å². The molecule has 0 bridgehead atoms. The van der Waals surface area contributed by atoms with Gasteiger partial charge in [-0.05, 0) is 19.3 Å². The first-order valence-electron chi connectivity index (χ1n) is 7.72. The van der Waals surface area contributed by atoms with E-state index in [9.17, 15) is 4.79 Å². The van der Waals surface area contributed by atoms with Gasteiger partial charge in [-0.3, -0.25) is 4.79 Å². The molecule has 0 saturated carbocycles. The predicted octanol–water partition coefficient (Wildman–Crippen LogP) is 2.63. The third kappa shape index (κ3) is 12.9. The zero-order valence-electron chi connectivity index (χ0n) is 14.7. The van der Waals surface area contributed by atoms with E-state index < -0.39 is 0 Å². The first-order valence-corrected chi connectivity index (χ1v) is 7.72. The standard InChI is InChI=1S/C16H32N4O.HI/c1-7-11-17-16(18-12-15(21)20(5)6)19-14(4)10-8-9-13(2)3;/h7,13-14H,1,8-12H2,2-6H3,(H2,17,18,19);1H. The van der Waals surface area contributed by atoms with E-state index in [0.717, 1.165) is 12.3 Å². The van der Waals surface area contributed by atoms with Crippen molar-refractivity contribution < 1.29 is 4.79 Å². The van der Waals surface area contributed by atoms with Crippen molar-refractivity contribution >= 4 is 35.8 Å². The number of aliphatic imine (C=N–C) groups is 1. The van der Waals surface area contributed by atoms with Gasteiger partial charge in [0.1, 0.15) is 6.54 Å². The molecule has 0 aliphatic heterocycles. The van der Waals surface area contributed by atoms with Gasteiger partial charge in [0.15, 0.2) is 5.96 Å². The summed E-state index contributed by atoms with van der Waals surface area (Å²) in [6.45, 7) is 11.1. The van der Waals surface area contributed by atoms with Crippen molar-refractivity contribution in [1.29, 1.82) is 0 Å². The lowest BCUT2D eigenvalue weighted by Crippen LogP contribution is -2.43. The minimum absolute atomic E-state index is 0. The fourth-order valence-electron chi connectivity index (χ4n) is 1.75. The molecule has 0 aliphatic rings. The van der Waals surface area contributed by atoms with Gasteiger partial charge in [-0.25, -0.2) is 4.99 Å². The van der Waals surface area contributed by atoms with Gasteiger partial charge in [0.25, 0.3) is 0 Å². The van der Waals surface area contributed by atoms with Gasteiger partial charge in [0.2, 0.25) is 5.91 Å². The molecular weight excluding hydrogens is 391 g/mol. The number of carbonyl (C=O) groups is 1. The number of carbonyl (C=O) groups excluding carboxylic acids is 1. The molecular formula is C16H33IN4O. The molecule has 6 heteroatoms. The molecule has 0 aliphatic carbocycles. The van der Waals surface area contributed by atoms with Gasteiger partial charge in [-0.2, -0.15) is 0 Å². The normalized spacial score (nSPS) is 12.4. The Labute approximate surface area is 153 Å². The number of halogens is 1. The van der Waals surface area contributed by atoms with E-state index in [-0.39, 0.29) is 36.4 Å². The van der Waals surface area contributed by atoms with E-state index in [2.05, 4.69) is 43.0 Å². The number of hydrogen-bond donors (Lipinski definition) is 2. The Kier molecular flexibility index (Phi) is 14.8. The van der Waals surface area contributed by atoms with Crippen LogP contribution in [0.4, 0.5) is 0 Å². The first kappa shape index (κ1) is 23.5. The summed E-state index contributed by atoms with van der Waals surface area (Å²) in [5, 5.41) is 6.48. The molecule has 0 aromatic carbocycles. The van der Waals surface area contributed by atoms with Crippen LogP contribution in [0.2, 0.25) is 0 Å². The maximum Gasteiger partial charge on any atom is 0.243 e. The lowest BCUT2D eigenvalue weighted by atomic mass is 10.0. The summed E-state index contributed by atoms with van der Waals surface area (Å²) in [5.41, 5.74) is 0. The molecule has 0 aromatic heterocycles. The van der Waals surface area contributed by atoms with Crippen LogP contribution in [0.25, 0.3) is 0 Å². The molecule has 0 aromatic rings. The molecule has 0 rings (SSSR count). The molecule has 0 fully saturated rings. The van der Waals surface area contributed by atoms with Gasteiger partial charge < -0.3 is 15.5 Å². The summed E-state index contributed by atoms with van der Waals surface area (Å²) in [4.78, 5) is 17.5. The van der Waals surface area contributed by atoms with E-state index >= 15 is 0 Å². The van der Waals surface area contributed by atoms with Crippen molar-refractivity contribution in [2.75, 3.05) is 27.2 Å².